The first-order valence-electron chi connectivity index (χ1n) is 9.39. The summed E-state index contributed by atoms with van der Waals surface area (Å²) in [4.78, 5) is 23.4. The smallest absolute Gasteiger partial charge is 0.227 e. The molecular formula is C19H27N7. The Balaban J connectivity index is 1.45. The van der Waals surface area contributed by atoms with Crippen LogP contribution in [0.1, 0.15) is 5.69 Å². The number of hydrogen-bond donors (Lipinski definition) is 0. The van der Waals surface area contributed by atoms with Crippen molar-refractivity contribution in [1.82, 2.24) is 19.9 Å². The van der Waals surface area contributed by atoms with E-state index in [0.29, 0.717) is 0 Å². The molecule has 2 aromatic heterocycles. The van der Waals surface area contributed by atoms with Gasteiger partial charge in [-0.3, -0.25) is 0 Å². The summed E-state index contributed by atoms with van der Waals surface area (Å²) in [6.07, 6.45) is 1.86. The molecule has 0 atom stereocenters. The summed E-state index contributed by atoms with van der Waals surface area (Å²) in [6, 6.07) is 8.19. The Morgan fingerprint density at radius 2 is 1.42 bits per heavy atom. The van der Waals surface area contributed by atoms with Crippen molar-refractivity contribution >= 4 is 17.6 Å². The average Bonchev–Trinajstić information content (AvgIpc) is 2.69. The van der Waals surface area contributed by atoms with Gasteiger partial charge in [-0.15, -0.1) is 0 Å². The quantitative estimate of drug-likeness (QED) is 0.823. The second kappa shape index (κ2) is 7.45. The van der Waals surface area contributed by atoms with Gasteiger partial charge < -0.3 is 19.6 Å². The minimum atomic E-state index is 0.875. The van der Waals surface area contributed by atoms with Gasteiger partial charge in [-0.2, -0.15) is 4.98 Å². The molecule has 0 N–H and O–H groups in total. The van der Waals surface area contributed by atoms with Crippen LogP contribution in [0.15, 0.2) is 30.5 Å². The van der Waals surface area contributed by atoms with Gasteiger partial charge in [-0.25, -0.2) is 9.97 Å². The third kappa shape index (κ3) is 3.72. The van der Waals surface area contributed by atoms with Crippen LogP contribution in [0.5, 0.6) is 0 Å². The lowest BCUT2D eigenvalue weighted by Gasteiger charge is -2.37. The number of pyridine rings is 1. The molecule has 26 heavy (non-hydrogen) atoms. The first-order valence-corrected chi connectivity index (χ1v) is 9.39. The summed E-state index contributed by atoms with van der Waals surface area (Å²) in [7, 11) is 2.17. The largest absolute Gasteiger partial charge is 0.353 e. The topological polar surface area (TPSA) is 51.6 Å². The highest BCUT2D eigenvalue weighted by molar-refractivity contribution is 5.48. The fraction of sp³-hybridized carbons (Fsp3) is 0.526. The molecule has 2 fully saturated rings. The van der Waals surface area contributed by atoms with Crippen molar-refractivity contribution in [2.24, 2.45) is 0 Å². The fourth-order valence-electron chi connectivity index (χ4n) is 3.55. The van der Waals surface area contributed by atoms with E-state index < -0.39 is 0 Å². The molecule has 7 heteroatoms. The van der Waals surface area contributed by atoms with E-state index in [2.05, 4.69) is 55.7 Å². The second-order valence-electron chi connectivity index (χ2n) is 7.12. The molecule has 4 heterocycles. The molecule has 2 aromatic rings. The molecule has 0 unspecified atom stereocenters. The zero-order valence-electron chi connectivity index (χ0n) is 15.7. The monoisotopic (exact) mass is 353 g/mol. The molecule has 0 aromatic carbocycles. The van der Waals surface area contributed by atoms with Crippen molar-refractivity contribution in [1.29, 1.82) is 0 Å². The minimum absolute atomic E-state index is 0.875. The molecule has 0 radical (unpaired) electrons. The van der Waals surface area contributed by atoms with Crippen molar-refractivity contribution in [3.8, 4) is 0 Å². The lowest BCUT2D eigenvalue weighted by atomic mass is 10.3. The fourth-order valence-corrected chi connectivity index (χ4v) is 3.55. The number of likely N-dealkylation sites (N-methyl/N-ethyl adjacent to an activating group) is 1. The molecule has 2 aliphatic rings. The normalized spacial score (nSPS) is 19.1. The SMILES string of the molecule is Cc1cc(N2CCN(c3ccccn3)CC2)nc(N2CCN(C)CC2)n1. The van der Waals surface area contributed by atoms with Crippen molar-refractivity contribution < 1.29 is 0 Å². The molecule has 0 aliphatic carbocycles. The number of hydrogen-bond acceptors (Lipinski definition) is 7. The van der Waals surface area contributed by atoms with E-state index in [-0.39, 0.29) is 0 Å². The van der Waals surface area contributed by atoms with E-state index in [1.165, 1.54) is 0 Å². The molecule has 138 valence electrons. The van der Waals surface area contributed by atoms with Crippen molar-refractivity contribution in [2.45, 2.75) is 6.92 Å². The van der Waals surface area contributed by atoms with E-state index in [0.717, 1.165) is 75.6 Å². The Morgan fingerprint density at radius 3 is 2.08 bits per heavy atom. The van der Waals surface area contributed by atoms with E-state index in [9.17, 15) is 0 Å². The Kier molecular flexibility index (Phi) is 4.88. The van der Waals surface area contributed by atoms with Crippen molar-refractivity contribution in [3.63, 3.8) is 0 Å². The van der Waals surface area contributed by atoms with E-state index in [4.69, 9.17) is 4.98 Å². The van der Waals surface area contributed by atoms with Crippen LogP contribution in [0.3, 0.4) is 0 Å². The second-order valence-corrected chi connectivity index (χ2v) is 7.12. The number of nitrogens with zero attached hydrogens (tertiary/aromatic N) is 7. The van der Waals surface area contributed by atoms with Crippen LogP contribution in [0.25, 0.3) is 0 Å². The van der Waals surface area contributed by atoms with Gasteiger partial charge in [-0.05, 0) is 26.1 Å². The Bertz CT molecular complexity index is 720. The summed E-state index contributed by atoms with van der Waals surface area (Å²) in [5, 5.41) is 0. The summed E-state index contributed by atoms with van der Waals surface area (Å²) < 4.78 is 0. The van der Waals surface area contributed by atoms with Gasteiger partial charge in [-0.1, -0.05) is 6.07 Å². The van der Waals surface area contributed by atoms with Gasteiger partial charge >= 0.3 is 0 Å². The number of piperazine rings is 2. The summed E-state index contributed by atoms with van der Waals surface area (Å²) >= 11 is 0. The third-order valence-corrected chi connectivity index (χ3v) is 5.19. The van der Waals surface area contributed by atoms with Crippen molar-refractivity contribution in [2.75, 3.05) is 74.1 Å². The van der Waals surface area contributed by atoms with Crippen LogP contribution >= 0.6 is 0 Å². The summed E-state index contributed by atoms with van der Waals surface area (Å²) in [5.74, 6) is 2.98. The first kappa shape index (κ1) is 17.0. The molecular weight excluding hydrogens is 326 g/mol. The highest BCUT2D eigenvalue weighted by Crippen LogP contribution is 2.21. The van der Waals surface area contributed by atoms with E-state index >= 15 is 0 Å². The highest BCUT2D eigenvalue weighted by Gasteiger charge is 2.22. The first-order chi connectivity index (χ1) is 12.7. The highest BCUT2D eigenvalue weighted by atomic mass is 15.4. The van der Waals surface area contributed by atoms with E-state index in [1.807, 2.05) is 18.3 Å². The molecule has 0 bridgehead atoms. The van der Waals surface area contributed by atoms with Crippen molar-refractivity contribution in [3.05, 3.63) is 36.2 Å². The Labute approximate surface area is 155 Å². The molecule has 4 rings (SSSR count). The maximum Gasteiger partial charge on any atom is 0.227 e. The number of rotatable bonds is 3. The van der Waals surface area contributed by atoms with Crippen LogP contribution in [-0.4, -0.2) is 79.3 Å². The average molecular weight is 353 g/mol. The molecule has 0 amide bonds. The lowest BCUT2D eigenvalue weighted by Crippen LogP contribution is -2.47. The van der Waals surface area contributed by atoms with Gasteiger partial charge in [0.15, 0.2) is 0 Å². The van der Waals surface area contributed by atoms with E-state index in [1.54, 1.807) is 0 Å². The standard InChI is InChI=1S/C19H27N7/c1-16-15-18(22-19(21-16)26-9-7-23(2)8-10-26)25-13-11-24(12-14-25)17-5-3-4-6-20-17/h3-6,15H,7-14H2,1-2H3. The predicted molar refractivity (Wildman–Crippen MR) is 105 cm³/mol. The summed E-state index contributed by atoms with van der Waals surface area (Å²) in [5.41, 5.74) is 1.04. The zero-order valence-corrected chi connectivity index (χ0v) is 15.7. The molecule has 2 saturated heterocycles. The predicted octanol–water partition coefficient (Wildman–Crippen LogP) is 1.26. The summed E-state index contributed by atoms with van der Waals surface area (Å²) in [6.45, 7) is 10.0. The molecule has 0 spiro atoms. The molecule has 7 nitrogen and oxygen atoms in total. The maximum absolute atomic E-state index is 4.89. The Hall–Kier alpha value is -2.41. The lowest BCUT2D eigenvalue weighted by molar-refractivity contribution is 0.311. The van der Waals surface area contributed by atoms with Gasteiger partial charge in [0.05, 0.1) is 0 Å². The van der Waals surface area contributed by atoms with Gasteiger partial charge in [0.25, 0.3) is 0 Å². The van der Waals surface area contributed by atoms with Crippen LogP contribution in [0.4, 0.5) is 17.6 Å². The molecule has 2 aliphatic heterocycles. The Morgan fingerprint density at radius 1 is 0.769 bits per heavy atom. The van der Waals surface area contributed by atoms with Crippen LogP contribution in [0.2, 0.25) is 0 Å². The van der Waals surface area contributed by atoms with Crippen LogP contribution < -0.4 is 14.7 Å². The van der Waals surface area contributed by atoms with Crippen LogP contribution in [0, 0.1) is 6.92 Å². The number of aromatic nitrogens is 3. The molecule has 0 saturated carbocycles. The number of anilines is 3. The van der Waals surface area contributed by atoms with Gasteiger partial charge in [0.1, 0.15) is 11.6 Å². The third-order valence-electron chi connectivity index (χ3n) is 5.19. The van der Waals surface area contributed by atoms with Crippen LogP contribution in [-0.2, 0) is 0 Å². The number of aryl methyl sites for hydroxylation is 1. The maximum atomic E-state index is 4.89. The van der Waals surface area contributed by atoms with Gasteiger partial charge in [0.2, 0.25) is 5.95 Å². The zero-order chi connectivity index (χ0) is 17.9. The van der Waals surface area contributed by atoms with Gasteiger partial charge in [0, 0.05) is 70.3 Å². The minimum Gasteiger partial charge on any atom is -0.353 e.